The molecule has 0 spiro atoms. The van der Waals surface area contributed by atoms with Gasteiger partial charge in [-0.1, -0.05) is 24.3 Å². The molecule has 1 N–H and O–H groups in total. The molecule has 1 atom stereocenters. The average Bonchev–Trinajstić information content (AvgIpc) is 2.60. The van der Waals surface area contributed by atoms with Gasteiger partial charge in [0.2, 0.25) is 0 Å². The Bertz CT molecular complexity index is 510. The highest BCUT2D eigenvalue weighted by Crippen LogP contribution is 2.25. The van der Waals surface area contributed by atoms with Crippen LogP contribution < -0.4 is 5.32 Å². The molecule has 0 aliphatic carbocycles. The lowest BCUT2D eigenvalue weighted by Crippen LogP contribution is -2.17. The maximum atomic E-state index is 3.21. The van der Waals surface area contributed by atoms with Crippen LogP contribution in [0.3, 0.4) is 0 Å². The van der Waals surface area contributed by atoms with E-state index in [4.69, 9.17) is 0 Å². The first kappa shape index (κ1) is 11.9. The van der Waals surface area contributed by atoms with Crippen molar-refractivity contribution in [2.75, 3.05) is 7.05 Å². The minimum Gasteiger partial charge on any atom is -0.344 e. The van der Waals surface area contributed by atoms with E-state index in [1.807, 2.05) is 7.05 Å². The largest absolute Gasteiger partial charge is 0.344 e. The van der Waals surface area contributed by atoms with E-state index in [1.165, 1.54) is 22.2 Å². The molecule has 0 saturated carbocycles. The average molecular weight is 228 g/mol. The second-order valence-electron chi connectivity index (χ2n) is 4.52. The number of para-hydroxylation sites is 1. The van der Waals surface area contributed by atoms with E-state index in [1.54, 1.807) is 0 Å². The van der Waals surface area contributed by atoms with Gasteiger partial charge in [0.1, 0.15) is 0 Å². The number of nitrogens with zero attached hydrogens (tertiary/aromatic N) is 1. The Hall–Kier alpha value is -1.54. The molecule has 0 radical (unpaired) electrons. The minimum atomic E-state index is 0.396. The minimum absolute atomic E-state index is 0.396. The zero-order valence-corrected chi connectivity index (χ0v) is 11.0. The topological polar surface area (TPSA) is 17.0 Å². The van der Waals surface area contributed by atoms with Gasteiger partial charge in [0.15, 0.2) is 0 Å². The summed E-state index contributed by atoms with van der Waals surface area (Å²) >= 11 is 0. The van der Waals surface area contributed by atoms with Crippen molar-refractivity contribution in [3.05, 3.63) is 41.6 Å². The third-order valence-electron chi connectivity index (χ3n) is 3.41. The molecule has 0 saturated heterocycles. The molecule has 2 heteroatoms. The predicted molar refractivity (Wildman–Crippen MR) is 75.2 cm³/mol. The van der Waals surface area contributed by atoms with Crippen LogP contribution in [-0.4, -0.2) is 17.7 Å². The molecule has 17 heavy (non-hydrogen) atoms. The fraction of sp³-hybridized carbons (Fsp3) is 0.333. The van der Waals surface area contributed by atoms with Crippen molar-refractivity contribution in [1.82, 2.24) is 9.88 Å². The molecule has 1 heterocycles. The molecule has 0 aliphatic heterocycles. The standard InChI is InChI=1S/C15H20N2/c1-11(16-3)9-10-14-12(2)13-7-5-6-8-15(13)17(14)4/h5-11,16H,1-4H3/b10-9+. The summed E-state index contributed by atoms with van der Waals surface area (Å²) in [5.74, 6) is 0. The first-order valence-electron chi connectivity index (χ1n) is 6.04. The van der Waals surface area contributed by atoms with Crippen molar-refractivity contribution in [3.8, 4) is 0 Å². The van der Waals surface area contributed by atoms with E-state index >= 15 is 0 Å². The molecular formula is C15H20N2. The third-order valence-corrected chi connectivity index (χ3v) is 3.41. The summed E-state index contributed by atoms with van der Waals surface area (Å²) in [6, 6.07) is 8.93. The first-order valence-corrected chi connectivity index (χ1v) is 6.04. The number of nitrogens with one attached hydrogen (secondary N) is 1. The van der Waals surface area contributed by atoms with E-state index in [-0.39, 0.29) is 0 Å². The highest BCUT2D eigenvalue weighted by Gasteiger charge is 2.08. The predicted octanol–water partition coefficient (Wildman–Crippen LogP) is 3.11. The Labute approximate surface area is 103 Å². The van der Waals surface area contributed by atoms with Gasteiger partial charge >= 0.3 is 0 Å². The lowest BCUT2D eigenvalue weighted by Gasteiger charge is -2.04. The van der Waals surface area contributed by atoms with Crippen LogP contribution in [0.15, 0.2) is 30.3 Å². The number of aryl methyl sites for hydroxylation is 2. The van der Waals surface area contributed by atoms with Crippen LogP contribution in [0.2, 0.25) is 0 Å². The van der Waals surface area contributed by atoms with Gasteiger partial charge < -0.3 is 9.88 Å². The maximum Gasteiger partial charge on any atom is 0.0485 e. The number of aromatic nitrogens is 1. The van der Waals surface area contributed by atoms with Gasteiger partial charge in [-0.15, -0.1) is 0 Å². The van der Waals surface area contributed by atoms with Gasteiger partial charge in [-0.2, -0.15) is 0 Å². The summed E-state index contributed by atoms with van der Waals surface area (Å²) in [4.78, 5) is 0. The van der Waals surface area contributed by atoms with E-state index in [2.05, 4.69) is 67.2 Å². The van der Waals surface area contributed by atoms with Crippen molar-refractivity contribution in [2.45, 2.75) is 19.9 Å². The van der Waals surface area contributed by atoms with Crippen LogP contribution in [0.5, 0.6) is 0 Å². The Morgan fingerprint density at radius 1 is 1.29 bits per heavy atom. The van der Waals surface area contributed by atoms with Crippen LogP contribution in [0.25, 0.3) is 17.0 Å². The number of benzene rings is 1. The maximum absolute atomic E-state index is 3.21. The number of hydrogen-bond donors (Lipinski definition) is 1. The summed E-state index contributed by atoms with van der Waals surface area (Å²) < 4.78 is 2.25. The second kappa shape index (κ2) is 4.76. The summed E-state index contributed by atoms with van der Waals surface area (Å²) in [6.07, 6.45) is 4.40. The third kappa shape index (κ3) is 2.13. The summed E-state index contributed by atoms with van der Waals surface area (Å²) in [5.41, 5.74) is 3.93. The van der Waals surface area contributed by atoms with Crippen LogP contribution >= 0.6 is 0 Å². The first-order chi connectivity index (χ1) is 8.15. The van der Waals surface area contributed by atoms with Crippen LogP contribution in [-0.2, 0) is 7.05 Å². The highest BCUT2D eigenvalue weighted by molar-refractivity contribution is 5.87. The van der Waals surface area contributed by atoms with Gasteiger partial charge in [0, 0.05) is 29.7 Å². The summed E-state index contributed by atoms with van der Waals surface area (Å²) in [5, 5.41) is 4.55. The van der Waals surface area contributed by atoms with Crippen molar-refractivity contribution >= 4 is 17.0 Å². The Kier molecular flexibility index (Phi) is 3.34. The smallest absolute Gasteiger partial charge is 0.0485 e. The summed E-state index contributed by atoms with van der Waals surface area (Å²) in [7, 11) is 4.10. The number of hydrogen-bond acceptors (Lipinski definition) is 1. The SMILES string of the molecule is CNC(C)/C=C/c1c(C)c2ccccc2n1C. The molecule has 0 aliphatic rings. The molecule has 2 rings (SSSR count). The molecule has 2 nitrogen and oxygen atoms in total. The number of fused-ring (bicyclic) bond motifs is 1. The van der Waals surface area contributed by atoms with E-state index in [0.29, 0.717) is 6.04 Å². The second-order valence-corrected chi connectivity index (χ2v) is 4.52. The zero-order chi connectivity index (χ0) is 12.4. The fourth-order valence-corrected chi connectivity index (χ4v) is 2.17. The number of likely N-dealkylation sites (N-methyl/N-ethyl adjacent to an activating group) is 1. The molecule has 1 aromatic carbocycles. The fourth-order valence-electron chi connectivity index (χ4n) is 2.17. The van der Waals surface area contributed by atoms with Crippen molar-refractivity contribution in [2.24, 2.45) is 7.05 Å². The molecule has 2 aromatic rings. The Balaban J connectivity index is 2.51. The van der Waals surface area contributed by atoms with Gasteiger partial charge in [0.25, 0.3) is 0 Å². The molecular weight excluding hydrogens is 208 g/mol. The molecule has 0 bridgehead atoms. The lowest BCUT2D eigenvalue weighted by molar-refractivity contribution is 0.731. The van der Waals surface area contributed by atoms with Crippen molar-refractivity contribution in [3.63, 3.8) is 0 Å². The molecule has 90 valence electrons. The van der Waals surface area contributed by atoms with Crippen molar-refractivity contribution < 1.29 is 0 Å². The molecule has 0 fully saturated rings. The monoisotopic (exact) mass is 228 g/mol. The summed E-state index contributed by atoms with van der Waals surface area (Å²) in [6.45, 7) is 4.33. The normalized spacial score (nSPS) is 13.6. The molecule has 1 aromatic heterocycles. The van der Waals surface area contributed by atoms with E-state index < -0.39 is 0 Å². The van der Waals surface area contributed by atoms with Crippen LogP contribution in [0.1, 0.15) is 18.2 Å². The highest BCUT2D eigenvalue weighted by atomic mass is 14.9. The number of rotatable bonds is 3. The van der Waals surface area contributed by atoms with Crippen LogP contribution in [0, 0.1) is 6.92 Å². The van der Waals surface area contributed by atoms with Gasteiger partial charge in [0.05, 0.1) is 0 Å². The Morgan fingerprint density at radius 3 is 2.65 bits per heavy atom. The van der Waals surface area contributed by atoms with E-state index in [0.717, 1.165) is 0 Å². The van der Waals surface area contributed by atoms with Crippen LogP contribution in [0.4, 0.5) is 0 Å². The van der Waals surface area contributed by atoms with Crippen molar-refractivity contribution in [1.29, 1.82) is 0 Å². The van der Waals surface area contributed by atoms with Gasteiger partial charge in [-0.05, 0) is 38.6 Å². The zero-order valence-electron chi connectivity index (χ0n) is 11.0. The lowest BCUT2D eigenvalue weighted by atomic mass is 10.1. The van der Waals surface area contributed by atoms with E-state index in [9.17, 15) is 0 Å². The molecule has 0 amide bonds. The quantitative estimate of drug-likeness (QED) is 0.854. The molecule has 1 unspecified atom stereocenters. The van der Waals surface area contributed by atoms with Gasteiger partial charge in [-0.3, -0.25) is 0 Å². The van der Waals surface area contributed by atoms with Gasteiger partial charge in [-0.25, -0.2) is 0 Å². The Morgan fingerprint density at radius 2 is 2.00 bits per heavy atom.